The smallest absolute Gasteiger partial charge is 0.259 e. The first kappa shape index (κ1) is 27.5. The van der Waals surface area contributed by atoms with Crippen molar-refractivity contribution in [1.82, 2.24) is 9.97 Å². The first-order chi connectivity index (χ1) is 19.5. The molecule has 5 rings (SSSR count). The fraction of sp³-hybridized carbons (Fsp3) is 0.152. The number of halogens is 2. The zero-order valence-electron chi connectivity index (χ0n) is 22.2. The van der Waals surface area contributed by atoms with E-state index in [-0.39, 0.29) is 11.7 Å². The van der Waals surface area contributed by atoms with Gasteiger partial charge >= 0.3 is 0 Å². The van der Waals surface area contributed by atoms with Crippen LogP contribution in [0.2, 0.25) is 0 Å². The molecule has 0 aliphatic heterocycles. The molecule has 0 aliphatic rings. The van der Waals surface area contributed by atoms with Gasteiger partial charge in [0.15, 0.2) is 5.82 Å². The van der Waals surface area contributed by atoms with E-state index in [1.807, 2.05) is 61.5 Å². The van der Waals surface area contributed by atoms with Gasteiger partial charge in [-0.25, -0.2) is 14.4 Å². The molecule has 7 heteroatoms. The molecule has 0 aliphatic carbocycles. The van der Waals surface area contributed by atoms with Gasteiger partial charge in [0.1, 0.15) is 22.1 Å². The topological polar surface area (TPSA) is 56.3 Å². The Bertz CT molecular complexity index is 1460. The fourth-order valence-electron chi connectivity index (χ4n) is 4.94. The molecule has 5 aromatic rings. The van der Waals surface area contributed by atoms with E-state index in [0.29, 0.717) is 22.6 Å². The van der Waals surface area contributed by atoms with Crippen LogP contribution >= 0.6 is 15.9 Å². The number of ether oxygens (including phenoxy) is 2. The predicted molar refractivity (Wildman–Crippen MR) is 159 cm³/mol. The highest BCUT2D eigenvalue weighted by atomic mass is 79.9. The number of rotatable bonds is 10. The maximum absolute atomic E-state index is 14.3. The summed E-state index contributed by atoms with van der Waals surface area (Å²) in [5, 5.41) is 3.73. The summed E-state index contributed by atoms with van der Waals surface area (Å²) in [6.07, 6.45) is 1.09. The molecular formula is C33H29BrFN3O2. The van der Waals surface area contributed by atoms with Crippen molar-refractivity contribution in [2.75, 3.05) is 12.4 Å². The quantitative estimate of drug-likeness (QED) is 0.165. The number of hydrogen-bond donors (Lipinski definition) is 1. The van der Waals surface area contributed by atoms with E-state index in [4.69, 9.17) is 14.5 Å². The van der Waals surface area contributed by atoms with Crippen molar-refractivity contribution < 1.29 is 13.9 Å². The van der Waals surface area contributed by atoms with E-state index in [0.717, 1.165) is 22.3 Å². The Kier molecular flexibility index (Phi) is 8.53. The van der Waals surface area contributed by atoms with Crippen molar-refractivity contribution in [1.29, 1.82) is 0 Å². The van der Waals surface area contributed by atoms with Gasteiger partial charge in [-0.05, 0) is 57.2 Å². The minimum Gasteiger partial charge on any atom is -0.467 e. The van der Waals surface area contributed by atoms with Crippen molar-refractivity contribution in [3.05, 3.63) is 154 Å². The predicted octanol–water partition coefficient (Wildman–Crippen LogP) is 8.07. The zero-order valence-corrected chi connectivity index (χ0v) is 23.8. The van der Waals surface area contributed by atoms with Crippen LogP contribution in [0.25, 0.3) is 0 Å². The third-order valence-corrected chi connectivity index (χ3v) is 7.15. The van der Waals surface area contributed by atoms with Gasteiger partial charge in [-0.2, -0.15) is 0 Å². The van der Waals surface area contributed by atoms with E-state index >= 15 is 0 Å². The Morgan fingerprint density at radius 3 is 1.93 bits per heavy atom. The second-order valence-electron chi connectivity index (χ2n) is 9.36. The van der Waals surface area contributed by atoms with Crippen molar-refractivity contribution in [2.45, 2.75) is 25.2 Å². The first-order valence-electron chi connectivity index (χ1n) is 12.9. The third-order valence-electron chi connectivity index (χ3n) is 6.77. The monoisotopic (exact) mass is 597 g/mol. The molecule has 1 atom stereocenters. The van der Waals surface area contributed by atoms with Gasteiger partial charge in [-0.3, -0.25) is 0 Å². The Morgan fingerprint density at radius 2 is 1.40 bits per heavy atom. The van der Waals surface area contributed by atoms with Crippen molar-refractivity contribution in [3.8, 4) is 5.88 Å². The first-order valence-corrected chi connectivity index (χ1v) is 13.7. The molecule has 1 heterocycles. The molecule has 202 valence electrons. The van der Waals surface area contributed by atoms with Gasteiger partial charge in [0.2, 0.25) is 0 Å². The van der Waals surface area contributed by atoms with Crippen LogP contribution in [0.3, 0.4) is 0 Å². The second kappa shape index (κ2) is 12.4. The molecule has 0 fully saturated rings. The highest BCUT2D eigenvalue weighted by Gasteiger charge is 2.38. The second-order valence-corrected chi connectivity index (χ2v) is 10.2. The van der Waals surface area contributed by atoms with Crippen LogP contribution in [-0.2, 0) is 16.9 Å². The Balaban J connectivity index is 1.64. The SMILES string of the molecule is COCc1ccc(F)cc1C(C)Oc1nc(Br)cnc1NC(c1ccccc1)(c1ccccc1)c1ccccc1. The van der Waals surface area contributed by atoms with Gasteiger partial charge in [-0.1, -0.05) is 97.1 Å². The summed E-state index contributed by atoms with van der Waals surface area (Å²) >= 11 is 3.45. The Labute approximate surface area is 242 Å². The van der Waals surface area contributed by atoms with Gasteiger partial charge in [0, 0.05) is 12.7 Å². The molecule has 0 bridgehead atoms. The molecule has 1 N–H and O–H groups in total. The Morgan fingerprint density at radius 1 is 0.850 bits per heavy atom. The van der Waals surface area contributed by atoms with Crippen LogP contribution in [0.4, 0.5) is 10.2 Å². The lowest BCUT2D eigenvalue weighted by Gasteiger charge is -2.37. The molecule has 1 aromatic heterocycles. The number of hydrogen-bond acceptors (Lipinski definition) is 5. The minimum atomic E-state index is -0.826. The minimum absolute atomic E-state index is 0.279. The van der Waals surface area contributed by atoms with Crippen molar-refractivity contribution in [2.24, 2.45) is 0 Å². The average Bonchev–Trinajstić information content (AvgIpc) is 2.99. The molecule has 40 heavy (non-hydrogen) atoms. The number of methoxy groups -OCH3 is 1. The number of anilines is 1. The molecule has 0 saturated heterocycles. The molecular weight excluding hydrogens is 569 g/mol. The van der Waals surface area contributed by atoms with Crippen molar-refractivity contribution in [3.63, 3.8) is 0 Å². The normalized spacial score (nSPS) is 12.1. The summed E-state index contributed by atoms with van der Waals surface area (Å²) in [6, 6.07) is 35.2. The molecule has 0 amide bonds. The molecule has 0 radical (unpaired) electrons. The lowest BCUT2D eigenvalue weighted by molar-refractivity contribution is 0.175. The highest BCUT2D eigenvalue weighted by molar-refractivity contribution is 9.10. The summed E-state index contributed by atoms with van der Waals surface area (Å²) < 4.78 is 26.5. The third kappa shape index (κ3) is 5.76. The van der Waals surface area contributed by atoms with Gasteiger partial charge in [0.05, 0.1) is 12.8 Å². The van der Waals surface area contributed by atoms with E-state index in [1.165, 1.54) is 12.1 Å². The number of nitrogens with zero attached hydrogens (tertiary/aromatic N) is 2. The van der Waals surface area contributed by atoms with Crippen LogP contribution in [0.1, 0.15) is 40.8 Å². The standard InChI is InChI=1S/C33H29BrFN3O2/c1-23(29-20-28(35)19-18-24(29)22-39-2)40-32-31(36-21-30(34)37-32)38-33(25-12-6-3-7-13-25,26-14-8-4-9-15-26)27-16-10-5-11-17-27/h3-21,23H,22H2,1-2H3,(H,36,38). The summed E-state index contributed by atoms with van der Waals surface area (Å²) in [7, 11) is 1.61. The molecule has 4 aromatic carbocycles. The number of benzene rings is 4. The molecule has 5 nitrogen and oxygen atoms in total. The van der Waals surface area contributed by atoms with Crippen LogP contribution < -0.4 is 10.1 Å². The number of aromatic nitrogens is 2. The van der Waals surface area contributed by atoms with E-state index in [2.05, 4.69) is 62.6 Å². The van der Waals surface area contributed by atoms with Crippen LogP contribution in [0.5, 0.6) is 5.88 Å². The summed E-state index contributed by atoms with van der Waals surface area (Å²) in [5.74, 6) is 0.373. The van der Waals surface area contributed by atoms with Crippen molar-refractivity contribution >= 4 is 21.7 Å². The molecule has 1 unspecified atom stereocenters. The van der Waals surface area contributed by atoms with Gasteiger partial charge in [-0.15, -0.1) is 0 Å². The largest absolute Gasteiger partial charge is 0.467 e. The zero-order chi connectivity index (χ0) is 28.0. The molecule has 0 saturated carbocycles. The van der Waals surface area contributed by atoms with Gasteiger partial charge in [0.25, 0.3) is 5.88 Å². The van der Waals surface area contributed by atoms with Crippen LogP contribution in [0, 0.1) is 5.82 Å². The lowest BCUT2D eigenvalue weighted by atomic mass is 9.77. The molecule has 0 spiro atoms. The van der Waals surface area contributed by atoms with E-state index < -0.39 is 11.6 Å². The summed E-state index contributed by atoms with van der Waals surface area (Å²) in [4.78, 5) is 9.36. The fourth-order valence-corrected chi connectivity index (χ4v) is 5.20. The average molecular weight is 599 g/mol. The maximum Gasteiger partial charge on any atom is 0.259 e. The van der Waals surface area contributed by atoms with Crippen LogP contribution in [0.15, 0.2) is 120 Å². The van der Waals surface area contributed by atoms with Gasteiger partial charge < -0.3 is 14.8 Å². The lowest BCUT2D eigenvalue weighted by Crippen LogP contribution is -2.38. The van der Waals surface area contributed by atoms with E-state index in [9.17, 15) is 4.39 Å². The number of nitrogens with one attached hydrogen (secondary N) is 1. The Hall–Kier alpha value is -4.07. The maximum atomic E-state index is 14.3. The highest BCUT2D eigenvalue weighted by Crippen LogP contribution is 2.42. The van der Waals surface area contributed by atoms with Crippen LogP contribution in [-0.4, -0.2) is 17.1 Å². The summed E-state index contributed by atoms with van der Waals surface area (Å²) in [5.41, 5.74) is 3.74. The van der Waals surface area contributed by atoms with E-state index in [1.54, 1.807) is 19.4 Å². The summed E-state index contributed by atoms with van der Waals surface area (Å²) in [6.45, 7) is 2.19.